The largest absolute Gasteiger partial charge is 0.369 e. The first-order chi connectivity index (χ1) is 9.26. The standard InChI is InChI=1S/C12H13N5S2/c1-3-13-9-6-17-5-4-14-10(17)11(16-9)19-12-15-8(2)7-18-12/h4-7,13H,3H2,1-2H3. The molecule has 3 aromatic rings. The van der Waals surface area contributed by atoms with Crippen molar-refractivity contribution in [3.8, 4) is 0 Å². The fraction of sp³-hybridized carbons (Fsp3) is 0.250. The maximum Gasteiger partial charge on any atom is 0.170 e. The third-order valence-corrected chi connectivity index (χ3v) is 4.51. The molecule has 0 saturated carbocycles. The third kappa shape index (κ3) is 2.57. The summed E-state index contributed by atoms with van der Waals surface area (Å²) in [6, 6.07) is 0. The first-order valence-corrected chi connectivity index (χ1v) is 7.63. The molecule has 0 aliphatic heterocycles. The highest BCUT2D eigenvalue weighted by molar-refractivity contribution is 8.01. The van der Waals surface area contributed by atoms with E-state index in [1.54, 1.807) is 29.3 Å². The average molecular weight is 291 g/mol. The van der Waals surface area contributed by atoms with Crippen molar-refractivity contribution in [1.82, 2.24) is 19.4 Å². The fourth-order valence-electron chi connectivity index (χ4n) is 1.70. The van der Waals surface area contributed by atoms with Gasteiger partial charge in [0.25, 0.3) is 0 Å². The molecule has 19 heavy (non-hydrogen) atoms. The fourth-order valence-corrected chi connectivity index (χ4v) is 3.54. The van der Waals surface area contributed by atoms with Crippen LogP contribution in [0.4, 0.5) is 5.82 Å². The predicted molar refractivity (Wildman–Crippen MR) is 78.1 cm³/mol. The SMILES string of the molecule is CCNc1cn2ccnc2c(Sc2nc(C)cs2)n1. The lowest BCUT2D eigenvalue weighted by Crippen LogP contribution is -2.02. The summed E-state index contributed by atoms with van der Waals surface area (Å²) in [6.07, 6.45) is 5.65. The van der Waals surface area contributed by atoms with Crippen LogP contribution in [0.1, 0.15) is 12.6 Å². The van der Waals surface area contributed by atoms with Crippen LogP contribution in [-0.2, 0) is 0 Å². The maximum absolute atomic E-state index is 4.60. The van der Waals surface area contributed by atoms with E-state index in [4.69, 9.17) is 0 Å². The van der Waals surface area contributed by atoms with Crippen molar-refractivity contribution in [2.24, 2.45) is 0 Å². The molecule has 0 fully saturated rings. The van der Waals surface area contributed by atoms with Crippen LogP contribution in [0, 0.1) is 6.92 Å². The Kier molecular flexibility index (Phi) is 3.39. The predicted octanol–water partition coefficient (Wildman–Crippen LogP) is 3.08. The second kappa shape index (κ2) is 5.18. The van der Waals surface area contributed by atoms with Crippen LogP contribution in [-0.4, -0.2) is 25.9 Å². The van der Waals surface area contributed by atoms with Crippen LogP contribution in [0.5, 0.6) is 0 Å². The minimum absolute atomic E-state index is 0.841. The average Bonchev–Trinajstić information content (AvgIpc) is 2.99. The number of aromatic nitrogens is 4. The molecule has 0 amide bonds. The normalized spacial score (nSPS) is 11.1. The molecule has 0 aliphatic rings. The summed E-state index contributed by atoms with van der Waals surface area (Å²) < 4.78 is 2.97. The molecular weight excluding hydrogens is 278 g/mol. The van der Waals surface area contributed by atoms with Gasteiger partial charge in [-0.05, 0) is 25.6 Å². The molecule has 98 valence electrons. The van der Waals surface area contributed by atoms with Crippen molar-refractivity contribution in [2.75, 3.05) is 11.9 Å². The molecule has 0 aliphatic carbocycles. The highest BCUT2D eigenvalue weighted by atomic mass is 32.2. The summed E-state index contributed by atoms with van der Waals surface area (Å²) >= 11 is 3.18. The zero-order chi connectivity index (χ0) is 13.2. The van der Waals surface area contributed by atoms with E-state index in [0.717, 1.165) is 33.1 Å². The van der Waals surface area contributed by atoms with Crippen molar-refractivity contribution in [1.29, 1.82) is 0 Å². The summed E-state index contributed by atoms with van der Waals surface area (Å²) in [7, 11) is 0. The van der Waals surface area contributed by atoms with Gasteiger partial charge in [-0.2, -0.15) is 0 Å². The molecule has 1 N–H and O–H groups in total. The number of thiazole rings is 1. The number of nitrogens with zero attached hydrogens (tertiary/aromatic N) is 4. The van der Waals surface area contributed by atoms with Gasteiger partial charge in [0.05, 0.1) is 6.20 Å². The van der Waals surface area contributed by atoms with Crippen LogP contribution in [0.25, 0.3) is 5.65 Å². The second-order valence-electron chi connectivity index (χ2n) is 3.98. The lowest BCUT2D eigenvalue weighted by atomic mass is 10.6. The van der Waals surface area contributed by atoms with Crippen LogP contribution in [0.15, 0.2) is 33.3 Å². The van der Waals surface area contributed by atoms with Gasteiger partial charge in [-0.15, -0.1) is 11.3 Å². The van der Waals surface area contributed by atoms with Crippen molar-refractivity contribution >= 4 is 34.6 Å². The van der Waals surface area contributed by atoms with Gasteiger partial charge < -0.3 is 9.72 Å². The van der Waals surface area contributed by atoms with Crippen molar-refractivity contribution < 1.29 is 0 Å². The summed E-state index contributed by atoms with van der Waals surface area (Å²) in [5, 5.41) is 6.14. The van der Waals surface area contributed by atoms with E-state index in [-0.39, 0.29) is 0 Å². The Balaban J connectivity index is 2.02. The Bertz CT molecular complexity index is 703. The quantitative estimate of drug-likeness (QED) is 0.800. The van der Waals surface area contributed by atoms with Gasteiger partial charge in [0.15, 0.2) is 9.99 Å². The molecule has 5 nitrogen and oxygen atoms in total. The molecule has 3 heterocycles. The second-order valence-corrected chi connectivity index (χ2v) is 6.07. The summed E-state index contributed by atoms with van der Waals surface area (Å²) in [4.78, 5) is 13.4. The summed E-state index contributed by atoms with van der Waals surface area (Å²) in [5.74, 6) is 0.851. The number of imidazole rings is 1. The minimum Gasteiger partial charge on any atom is -0.369 e. The minimum atomic E-state index is 0.841. The molecule has 0 aromatic carbocycles. The van der Waals surface area contributed by atoms with Crippen LogP contribution < -0.4 is 5.32 Å². The van der Waals surface area contributed by atoms with Gasteiger partial charge in [-0.3, -0.25) is 0 Å². The Labute approximate surface area is 119 Å². The van der Waals surface area contributed by atoms with Crippen molar-refractivity contribution in [3.63, 3.8) is 0 Å². The van der Waals surface area contributed by atoms with E-state index in [1.165, 1.54) is 0 Å². The molecule has 0 atom stereocenters. The van der Waals surface area contributed by atoms with Crippen molar-refractivity contribution in [2.45, 2.75) is 23.2 Å². The number of hydrogen-bond donors (Lipinski definition) is 1. The maximum atomic E-state index is 4.60. The summed E-state index contributed by atoms with van der Waals surface area (Å²) in [6.45, 7) is 4.89. The van der Waals surface area contributed by atoms with E-state index in [0.29, 0.717) is 0 Å². The van der Waals surface area contributed by atoms with Crippen LogP contribution in [0.2, 0.25) is 0 Å². The van der Waals surface area contributed by atoms with E-state index >= 15 is 0 Å². The van der Waals surface area contributed by atoms with Gasteiger partial charge in [-0.25, -0.2) is 15.0 Å². The highest BCUT2D eigenvalue weighted by Crippen LogP contribution is 2.31. The van der Waals surface area contributed by atoms with Crippen molar-refractivity contribution in [3.05, 3.63) is 29.7 Å². The van der Waals surface area contributed by atoms with E-state index < -0.39 is 0 Å². The molecule has 0 saturated heterocycles. The van der Waals surface area contributed by atoms with Gasteiger partial charge >= 0.3 is 0 Å². The topological polar surface area (TPSA) is 55.1 Å². The zero-order valence-electron chi connectivity index (χ0n) is 10.6. The molecule has 3 aromatic heterocycles. The summed E-state index contributed by atoms with van der Waals surface area (Å²) in [5.41, 5.74) is 1.90. The van der Waals surface area contributed by atoms with Gasteiger partial charge in [-0.1, -0.05) is 0 Å². The number of hydrogen-bond acceptors (Lipinski definition) is 6. The van der Waals surface area contributed by atoms with Crippen LogP contribution >= 0.6 is 23.1 Å². The molecule has 0 radical (unpaired) electrons. The number of aryl methyl sites for hydroxylation is 1. The number of anilines is 1. The molecule has 3 rings (SSSR count). The van der Waals surface area contributed by atoms with E-state index in [2.05, 4.69) is 27.2 Å². The Hall–Kier alpha value is -1.60. The molecule has 0 unspecified atom stereocenters. The number of nitrogens with one attached hydrogen (secondary N) is 1. The van der Waals surface area contributed by atoms with Gasteiger partial charge in [0.1, 0.15) is 10.8 Å². The monoisotopic (exact) mass is 291 g/mol. The van der Waals surface area contributed by atoms with Crippen LogP contribution in [0.3, 0.4) is 0 Å². The van der Waals surface area contributed by atoms with E-state index in [1.807, 2.05) is 29.1 Å². The molecule has 0 bridgehead atoms. The first-order valence-electron chi connectivity index (χ1n) is 5.94. The Morgan fingerprint density at radius 3 is 3.05 bits per heavy atom. The highest BCUT2D eigenvalue weighted by Gasteiger charge is 2.11. The Morgan fingerprint density at radius 1 is 1.42 bits per heavy atom. The third-order valence-electron chi connectivity index (χ3n) is 2.48. The molecule has 0 spiro atoms. The Morgan fingerprint density at radius 2 is 2.32 bits per heavy atom. The number of fused-ring (bicyclic) bond motifs is 1. The first kappa shape index (κ1) is 12.4. The molecule has 7 heteroatoms. The lowest BCUT2D eigenvalue weighted by Gasteiger charge is -2.06. The molecular formula is C12H13N5S2. The number of rotatable bonds is 4. The van der Waals surface area contributed by atoms with E-state index in [9.17, 15) is 0 Å². The van der Waals surface area contributed by atoms with Gasteiger partial charge in [0.2, 0.25) is 0 Å². The lowest BCUT2D eigenvalue weighted by molar-refractivity contribution is 1.01. The zero-order valence-corrected chi connectivity index (χ0v) is 12.3. The smallest absolute Gasteiger partial charge is 0.170 e. The van der Waals surface area contributed by atoms with Gasteiger partial charge in [0, 0.05) is 30.0 Å².